The molecule has 1 aromatic heterocycles. The number of piperidine rings is 2. The second-order valence-electron chi connectivity index (χ2n) is 9.65. The van der Waals surface area contributed by atoms with Crippen molar-refractivity contribution >= 4 is 23.2 Å². The number of likely N-dealkylation sites (tertiary alicyclic amines) is 2. The number of carbonyl (C=O) groups excluding carboxylic acids is 2. The summed E-state index contributed by atoms with van der Waals surface area (Å²) >= 11 is 1.73. The minimum atomic E-state index is -0.148. The standard InChI is InChI=1S/C27H38N4O2S/c1-21(26(32)29-24-12-15-30(16-13-24)20-22-6-3-2-4-7-22)31-17-10-23(11-18-31)27(33)28-14-9-25-8-5-19-34-25/h2-8,19,21,23-24H,9-18,20H2,1H3,(H,28,33)(H,29,32). The van der Waals surface area contributed by atoms with Gasteiger partial charge in [-0.1, -0.05) is 36.4 Å². The van der Waals surface area contributed by atoms with Crippen LogP contribution in [0.2, 0.25) is 0 Å². The molecule has 0 bridgehead atoms. The van der Waals surface area contributed by atoms with Gasteiger partial charge in [0.05, 0.1) is 6.04 Å². The predicted octanol–water partition coefficient (Wildman–Crippen LogP) is 3.29. The quantitative estimate of drug-likeness (QED) is 0.576. The largest absolute Gasteiger partial charge is 0.355 e. The zero-order valence-electron chi connectivity index (χ0n) is 20.2. The van der Waals surface area contributed by atoms with Crippen LogP contribution in [0, 0.1) is 5.92 Å². The molecule has 0 aliphatic carbocycles. The van der Waals surface area contributed by atoms with Crippen molar-refractivity contribution in [2.75, 3.05) is 32.7 Å². The average Bonchev–Trinajstić information content (AvgIpc) is 3.39. The molecular formula is C27H38N4O2S. The number of hydrogen-bond donors (Lipinski definition) is 2. The molecule has 2 saturated heterocycles. The molecule has 34 heavy (non-hydrogen) atoms. The molecule has 2 aromatic rings. The van der Waals surface area contributed by atoms with E-state index < -0.39 is 0 Å². The molecule has 7 heteroatoms. The molecule has 1 unspecified atom stereocenters. The van der Waals surface area contributed by atoms with Crippen molar-refractivity contribution in [2.45, 2.75) is 57.7 Å². The Bertz CT molecular complexity index is 889. The summed E-state index contributed by atoms with van der Waals surface area (Å²) in [4.78, 5) is 31.4. The maximum atomic E-state index is 12.9. The SMILES string of the molecule is CC(C(=O)NC1CCN(Cc2ccccc2)CC1)N1CCC(C(=O)NCCc2cccs2)CC1. The molecule has 0 spiro atoms. The van der Waals surface area contributed by atoms with Crippen molar-refractivity contribution in [1.29, 1.82) is 0 Å². The van der Waals surface area contributed by atoms with Gasteiger partial charge in [-0.2, -0.15) is 0 Å². The minimum Gasteiger partial charge on any atom is -0.355 e. The fourth-order valence-electron chi connectivity index (χ4n) is 5.02. The highest BCUT2D eigenvalue weighted by molar-refractivity contribution is 7.09. The van der Waals surface area contributed by atoms with Gasteiger partial charge in [0.1, 0.15) is 0 Å². The number of benzene rings is 1. The Morgan fingerprint density at radius 3 is 2.41 bits per heavy atom. The average molecular weight is 483 g/mol. The van der Waals surface area contributed by atoms with Crippen LogP contribution in [0.25, 0.3) is 0 Å². The van der Waals surface area contributed by atoms with Crippen LogP contribution >= 0.6 is 11.3 Å². The number of hydrogen-bond acceptors (Lipinski definition) is 5. The lowest BCUT2D eigenvalue weighted by molar-refractivity contribution is -0.129. The molecule has 2 aliphatic heterocycles. The summed E-state index contributed by atoms with van der Waals surface area (Å²) in [6.07, 6.45) is 4.53. The lowest BCUT2D eigenvalue weighted by Gasteiger charge is -2.37. The number of thiophene rings is 1. The van der Waals surface area contributed by atoms with Gasteiger partial charge in [0.15, 0.2) is 0 Å². The zero-order chi connectivity index (χ0) is 23.8. The van der Waals surface area contributed by atoms with Crippen LogP contribution in [0.3, 0.4) is 0 Å². The Labute approximate surface area is 207 Å². The number of carbonyl (C=O) groups is 2. The molecule has 2 aliphatic rings. The molecule has 184 valence electrons. The van der Waals surface area contributed by atoms with Crippen molar-refractivity contribution in [3.8, 4) is 0 Å². The third kappa shape index (κ3) is 7.14. The molecule has 4 rings (SSSR count). The molecule has 0 radical (unpaired) electrons. The van der Waals surface area contributed by atoms with Crippen LogP contribution in [0.5, 0.6) is 0 Å². The summed E-state index contributed by atoms with van der Waals surface area (Å²) in [6, 6.07) is 14.8. The van der Waals surface area contributed by atoms with Crippen LogP contribution in [-0.2, 0) is 22.6 Å². The molecule has 1 atom stereocenters. The van der Waals surface area contributed by atoms with E-state index in [-0.39, 0.29) is 29.8 Å². The maximum Gasteiger partial charge on any atom is 0.237 e. The van der Waals surface area contributed by atoms with Crippen LogP contribution in [-0.4, -0.2) is 66.4 Å². The van der Waals surface area contributed by atoms with E-state index in [1.807, 2.05) is 13.0 Å². The van der Waals surface area contributed by atoms with Crippen molar-refractivity contribution in [3.63, 3.8) is 0 Å². The summed E-state index contributed by atoms with van der Waals surface area (Å²) in [5, 5.41) is 8.45. The molecule has 6 nitrogen and oxygen atoms in total. The van der Waals surface area contributed by atoms with Crippen molar-refractivity contribution < 1.29 is 9.59 Å². The van der Waals surface area contributed by atoms with E-state index in [2.05, 4.69) is 62.2 Å². The number of nitrogens with zero attached hydrogens (tertiary/aromatic N) is 2. The Kier molecular flexibility index (Phi) is 9.13. The summed E-state index contributed by atoms with van der Waals surface area (Å²) < 4.78 is 0. The fraction of sp³-hybridized carbons (Fsp3) is 0.556. The van der Waals surface area contributed by atoms with Crippen molar-refractivity contribution in [3.05, 3.63) is 58.3 Å². The second-order valence-corrected chi connectivity index (χ2v) is 10.7. The fourth-order valence-corrected chi connectivity index (χ4v) is 5.73. The van der Waals surface area contributed by atoms with Gasteiger partial charge in [0.2, 0.25) is 11.8 Å². The summed E-state index contributed by atoms with van der Waals surface area (Å²) in [5.41, 5.74) is 1.35. The Morgan fingerprint density at radius 1 is 1.00 bits per heavy atom. The summed E-state index contributed by atoms with van der Waals surface area (Å²) in [7, 11) is 0. The number of amides is 2. The van der Waals surface area contributed by atoms with Gasteiger partial charge in [0, 0.05) is 43.0 Å². The Hall–Kier alpha value is -2.22. The van der Waals surface area contributed by atoms with E-state index in [4.69, 9.17) is 0 Å². The molecule has 3 heterocycles. The zero-order valence-corrected chi connectivity index (χ0v) is 21.1. The predicted molar refractivity (Wildman–Crippen MR) is 138 cm³/mol. The molecule has 2 amide bonds. The number of nitrogens with one attached hydrogen (secondary N) is 2. The van der Waals surface area contributed by atoms with E-state index in [0.29, 0.717) is 6.54 Å². The first-order valence-corrected chi connectivity index (χ1v) is 13.6. The van der Waals surface area contributed by atoms with Crippen molar-refractivity contribution in [2.24, 2.45) is 5.92 Å². The molecule has 0 saturated carbocycles. The second kappa shape index (κ2) is 12.5. The van der Waals surface area contributed by atoms with Gasteiger partial charge < -0.3 is 10.6 Å². The lowest BCUT2D eigenvalue weighted by atomic mass is 9.94. The third-order valence-electron chi connectivity index (χ3n) is 7.26. The topological polar surface area (TPSA) is 64.7 Å². The normalized spacial score (nSPS) is 19.6. The van der Waals surface area contributed by atoms with E-state index in [1.165, 1.54) is 10.4 Å². The van der Waals surface area contributed by atoms with Crippen molar-refractivity contribution in [1.82, 2.24) is 20.4 Å². The Balaban J connectivity index is 1.12. The van der Waals surface area contributed by atoms with E-state index in [0.717, 1.165) is 64.8 Å². The maximum absolute atomic E-state index is 12.9. The van der Waals surface area contributed by atoms with E-state index in [1.54, 1.807) is 11.3 Å². The molecule has 1 aromatic carbocycles. The van der Waals surface area contributed by atoms with Gasteiger partial charge in [-0.15, -0.1) is 11.3 Å². The molecule has 2 N–H and O–H groups in total. The lowest BCUT2D eigenvalue weighted by Crippen LogP contribution is -2.53. The first kappa shape index (κ1) is 24.9. The van der Waals surface area contributed by atoms with Crippen LogP contribution < -0.4 is 10.6 Å². The Morgan fingerprint density at radius 2 is 1.74 bits per heavy atom. The van der Waals surface area contributed by atoms with Crippen LogP contribution in [0.4, 0.5) is 0 Å². The summed E-state index contributed by atoms with van der Waals surface area (Å²) in [6.45, 7) is 7.31. The van der Waals surface area contributed by atoms with Gasteiger partial charge in [-0.05, 0) is 69.1 Å². The third-order valence-corrected chi connectivity index (χ3v) is 8.20. The monoisotopic (exact) mass is 482 g/mol. The van der Waals surface area contributed by atoms with Gasteiger partial charge in [-0.25, -0.2) is 0 Å². The van der Waals surface area contributed by atoms with Gasteiger partial charge in [-0.3, -0.25) is 19.4 Å². The summed E-state index contributed by atoms with van der Waals surface area (Å²) in [5.74, 6) is 0.347. The van der Waals surface area contributed by atoms with E-state index >= 15 is 0 Å². The van der Waals surface area contributed by atoms with Crippen LogP contribution in [0.15, 0.2) is 47.8 Å². The van der Waals surface area contributed by atoms with E-state index in [9.17, 15) is 9.59 Å². The van der Waals surface area contributed by atoms with Crippen LogP contribution in [0.1, 0.15) is 43.0 Å². The van der Waals surface area contributed by atoms with Gasteiger partial charge in [0.25, 0.3) is 0 Å². The first-order chi connectivity index (χ1) is 16.6. The highest BCUT2D eigenvalue weighted by atomic mass is 32.1. The van der Waals surface area contributed by atoms with Gasteiger partial charge >= 0.3 is 0 Å². The minimum absolute atomic E-state index is 0.0591. The number of rotatable bonds is 9. The highest BCUT2D eigenvalue weighted by Crippen LogP contribution is 2.20. The highest BCUT2D eigenvalue weighted by Gasteiger charge is 2.31. The molecular weight excluding hydrogens is 444 g/mol. The molecule has 2 fully saturated rings. The first-order valence-electron chi connectivity index (χ1n) is 12.7. The smallest absolute Gasteiger partial charge is 0.237 e.